The SMILES string of the molecule is CC(C)(NC(=O)NCC1CCCS1(=O)=O)C(=O)O. The van der Waals surface area contributed by atoms with E-state index in [1.165, 1.54) is 13.8 Å². The molecule has 7 nitrogen and oxygen atoms in total. The smallest absolute Gasteiger partial charge is 0.328 e. The lowest BCUT2D eigenvalue weighted by atomic mass is 10.1. The van der Waals surface area contributed by atoms with Gasteiger partial charge in [-0.3, -0.25) is 0 Å². The van der Waals surface area contributed by atoms with Crippen LogP contribution in [-0.2, 0) is 14.6 Å². The highest BCUT2D eigenvalue weighted by molar-refractivity contribution is 7.92. The fourth-order valence-corrected chi connectivity index (χ4v) is 3.44. The van der Waals surface area contributed by atoms with Crippen LogP contribution < -0.4 is 10.6 Å². The van der Waals surface area contributed by atoms with Gasteiger partial charge in [0.1, 0.15) is 5.54 Å². The van der Waals surface area contributed by atoms with Crippen molar-refractivity contribution in [1.82, 2.24) is 10.6 Å². The zero-order valence-electron chi connectivity index (χ0n) is 10.4. The molecule has 1 rings (SSSR count). The molecule has 1 aliphatic rings. The summed E-state index contributed by atoms with van der Waals surface area (Å²) >= 11 is 0. The van der Waals surface area contributed by atoms with Gasteiger partial charge in [-0.1, -0.05) is 0 Å². The molecule has 0 saturated carbocycles. The number of carboxylic acids is 1. The maximum atomic E-state index is 11.5. The average molecular weight is 278 g/mol. The van der Waals surface area contributed by atoms with Crippen LogP contribution in [0.15, 0.2) is 0 Å². The third-order valence-electron chi connectivity index (χ3n) is 2.91. The average Bonchev–Trinajstić information content (AvgIpc) is 2.53. The Labute approximate surface area is 106 Å². The van der Waals surface area contributed by atoms with Gasteiger partial charge in [-0.05, 0) is 26.7 Å². The van der Waals surface area contributed by atoms with Crippen LogP contribution in [0.1, 0.15) is 26.7 Å². The zero-order chi connectivity index (χ0) is 14.0. The second-order valence-corrected chi connectivity index (χ2v) is 7.30. The molecule has 0 aromatic rings. The van der Waals surface area contributed by atoms with E-state index in [2.05, 4.69) is 10.6 Å². The van der Waals surface area contributed by atoms with Crippen LogP contribution in [0.25, 0.3) is 0 Å². The first-order valence-corrected chi connectivity index (χ1v) is 7.38. The third kappa shape index (κ3) is 3.59. The lowest BCUT2D eigenvalue weighted by molar-refractivity contribution is -0.142. The lowest BCUT2D eigenvalue weighted by Crippen LogP contribution is -2.54. The fourth-order valence-electron chi connectivity index (χ4n) is 1.68. The van der Waals surface area contributed by atoms with Gasteiger partial charge >= 0.3 is 12.0 Å². The standard InChI is InChI=1S/C10H18N2O5S/c1-10(2,8(13)14)12-9(15)11-6-7-4-3-5-18(7,16)17/h7H,3-6H2,1-2H3,(H,13,14)(H2,11,12,15). The molecule has 0 aromatic carbocycles. The molecule has 104 valence electrons. The highest BCUT2D eigenvalue weighted by Crippen LogP contribution is 2.18. The van der Waals surface area contributed by atoms with Crippen LogP contribution in [0.2, 0.25) is 0 Å². The third-order valence-corrected chi connectivity index (χ3v) is 5.19. The number of urea groups is 1. The number of rotatable bonds is 4. The first-order valence-electron chi connectivity index (χ1n) is 5.66. The highest BCUT2D eigenvalue weighted by atomic mass is 32.2. The molecule has 0 aromatic heterocycles. The molecular formula is C10H18N2O5S. The summed E-state index contributed by atoms with van der Waals surface area (Å²) in [7, 11) is -3.10. The molecule has 0 bridgehead atoms. The maximum absolute atomic E-state index is 11.5. The molecule has 0 aliphatic carbocycles. The Morgan fingerprint density at radius 3 is 2.44 bits per heavy atom. The summed E-state index contributed by atoms with van der Waals surface area (Å²) in [6.07, 6.45) is 1.14. The summed E-state index contributed by atoms with van der Waals surface area (Å²) in [4.78, 5) is 22.2. The van der Waals surface area contributed by atoms with Gasteiger partial charge in [0, 0.05) is 6.54 Å². The van der Waals surface area contributed by atoms with Gasteiger partial charge in [0.15, 0.2) is 9.84 Å². The minimum absolute atomic E-state index is 0.0177. The molecule has 0 radical (unpaired) electrons. The Morgan fingerprint density at radius 2 is 2.00 bits per heavy atom. The van der Waals surface area contributed by atoms with Crippen LogP contribution in [0.5, 0.6) is 0 Å². The zero-order valence-corrected chi connectivity index (χ0v) is 11.2. The largest absolute Gasteiger partial charge is 0.480 e. The van der Waals surface area contributed by atoms with Crippen LogP contribution in [0.4, 0.5) is 4.79 Å². The molecule has 1 heterocycles. The van der Waals surface area contributed by atoms with Crippen molar-refractivity contribution in [2.45, 2.75) is 37.5 Å². The number of sulfone groups is 1. The van der Waals surface area contributed by atoms with Crippen molar-refractivity contribution >= 4 is 21.8 Å². The fraction of sp³-hybridized carbons (Fsp3) is 0.800. The molecule has 0 spiro atoms. The van der Waals surface area contributed by atoms with E-state index in [1.54, 1.807) is 0 Å². The molecule has 3 N–H and O–H groups in total. The van der Waals surface area contributed by atoms with Gasteiger partial charge in [0.2, 0.25) is 0 Å². The summed E-state index contributed by atoms with van der Waals surface area (Å²) in [6, 6.07) is -0.676. The number of carboxylic acid groups (broad SMARTS) is 1. The van der Waals surface area contributed by atoms with Crippen molar-refractivity contribution in [2.24, 2.45) is 0 Å². The minimum atomic E-state index is -3.10. The van der Waals surface area contributed by atoms with E-state index in [-0.39, 0.29) is 12.3 Å². The number of nitrogens with one attached hydrogen (secondary N) is 2. The Bertz CT molecular complexity index is 443. The first-order chi connectivity index (χ1) is 8.15. The summed E-state index contributed by atoms with van der Waals surface area (Å²) < 4.78 is 23.0. The molecule has 18 heavy (non-hydrogen) atoms. The monoisotopic (exact) mass is 278 g/mol. The van der Waals surface area contributed by atoms with E-state index in [4.69, 9.17) is 5.11 Å². The molecule has 1 aliphatic heterocycles. The second kappa shape index (κ2) is 5.13. The number of hydrogen-bond donors (Lipinski definition) is 3. The number of amides is 2. The predicted octanol–water partition coefficient (Wildman–Crippen LogP) is -0.274. The van der Waals surface area contributed by atoms with Gasteiger partial charge in [-0.2, -0.15) is 0 Å². The van der Waals surface area contributed by atoms with Crippen molar-refractivity contribution in [1.29, 1.82) is 0 Å². The van der Waals surface area contributed by atoms with Crippen LogP contribution in [0.3, 0.4) is 0 Å². The van der Waals surface area contributed by atoms with E-state index in [0.29, 0.717) is 12.8 Å². The molecule has 8 heteroatoms. The van der Waals surface area contributed by atoms with Gasteiger partial charge in [-0.15, -0.1) is 0 Å². The molecule has 1 saturated heterocycles. The van der Waals surface area contributed by atoms with Crippen molar-refractivity contribution in [3.8, 4) is 0 Å². The molecule has 2 amide bonds. The second-order valence-electron chi connectivity index (χ2n) is 4.90. The van der Waals surface area contributed by atoms with Crippen molar-refractivity contribution in [2.75, 3.05) is 12.3 Å². The maximum Gasteiger partial charge on any atom is 0.328 e. The molecular weight excluding hydrogens is 260 g/mol. The summed E-state index contributed by atoms with van der Waals surface area (Å²) in [5.74, 6) is -1.01. The Morgan fingerprint density at radius 1 is 1.39 bits per heavy atom. The summed E-state index contributed by atoms with van der Waals surface area (Å²) in [5, 5.41) is 12.9. The topological polar surface area (TPSA) is 113 Å². The minimum Gasteiger partial charge on any atom is -0.480 e. The van der Waals surface area contributed by atoms with E-state index in [0.717, 1.165) is 0 Å². The predicted molar refractivity (Wildman–Crippen MR) is 65.1 cm³/mol. The van der Waals surface area contributed by atoms with Crippen molar-refractivity contribution in [3.05, 3.63) is 0 Å². The number of hydrogen-bond acceptors (Lipinski definition) is 4. The number of carbonyl (C=O) groups is 2. The van der Waals surface area contributed by atoms with E-state index >= 15 is 0 Å². The van der Waals surface area contributed by atoms with Crippen LogP contribution in [0, 0.1) is 0 Å². The number of carbonyl (C=O) groups excluding carboxylic acids is 1. The van der Waals surface area contributed by atoms with Crippen molar-refractivity contribution in [3.63, 3.8) is 0 Å². The van der Waals surface area contributed by atoms with Gasteiger partial charge < -0.3 is 15.7 Å². The van der Waals surface area contributed by atoms with E-state index in [9.17, 15) is 18.0 Å². The van der Waals surface area contributed by atoms with Crippen LogP contribution in [-0.4, -0.2) is 48.6 Å². The normalized spacial score (nSPS) is 22.4. The van der Waals surface area contributed by atoms with Crippen molar-refractivity contribution < 1.29 is 23.1 Å². The Hall–Kier alpha value is -1.31. The Kier molecular flexibility index (Phi) is 4.20. The molecule has 1 atom stereocenters. The van der Waals surface area contributed by atoms with Gasteiger partial charge in [0.05, 0.1) is 11.0 Å². The van der Waals surface area contributed by atoms with E-state index < -0.39 is 32.6 Å². The summed E-state index contributed by atoms with van der Waals surface area (Å²) in [6.45, 7) is 2.71. The Balaban J connectivity index is 2.45. The van der Waals surface area contributed by atoms with Gasteiger partial charge in [0.25, 0.3) is 0 Å². The lowest BCUT2D eigenvalue weighted by Gasteiger charge is -2.21. The molecule has 1 fully saturated rings. The van der Waals surface area contributed by atoms with E-state index in [1.807, 2.05) is 0 Å². The molecule has 1 unspecified atom stereocenters. The van der Waals surface area contributed by atoms with Crippen LogP contribution >= 0.6 is 0 Å². The van der Waals surface area contributed by atoms with Gasteiger partial charge in [-0.25, -0.2) is 18.0 Å². The summed E-state index contributed by atoms with van der Waals surface area (Å²) in [5.41, 5.74) is -1.39. The first kappa shape index (κ1) is 14.7. The number of aliphatic carboxylic acids is 1. The highest BCUT2D eigenvalue weighted by Gasteiger charge is 2.33. The quantitative estimate of drug-likeness (QED) is 0.655.